The van der Waals surface area contributed by atoms with E-state index in [1.807, 2.05) is 43.3 Å². The summed E-state index contributed by atoms with van der Waals surface area (Å²) >= 11 is 0. The number of fused-ring (bicyclic) bond motifs is 1. The van der Waals surface area contributed by atoms with Crippen LogP contribution in [0, 0.1) is 10.1 Å². The molecule has 10 heteroatoms. The van der Waals surface area contributed by atoms with E-state index in [-0.39, 0.29) is 35.2 Å². The van der Waals surface area contributed by atoms with Crippen LogP contribution in [0.3, 0.4) is 0 Å². The molecule has 2 aromatic carbocycles. The number of benzene rings is 2. The van der Waals surface area contributed by atoms with Crippen LogP contribution in [-0.4, -0.2) is 47.0 Å². The Morgan fingerprint density at radius 3 is 2.43 bits per heavy atom. The van der Waals surface area contributed by atoms with Crippen LogP contribution in [0.25, 0.3) is 22.2 Å². The highest BCUT2D eigenvalue weighted by Gasteiger charge is 2.25. The van der Waals surface area contributed by atoms with E-state index in [2.05, 4.69) is 10.6 Å². The Morgan fingerprint density at radius 1 is 0.973 bits per heavy atom. The van der Waals surface area contributed by atoms with Crippen molar-refractivity contribution in [3.05, 3.63) is 76.5 Å². The highest BCUT2D eigenvalue weighted by molar-refractivity contribution is 5.92. The summed E-state index contributed by atoms with van der Waals surface area (Å²) < 4.78 is 5.68. The molecule has 0 spiro atoms. The summed E-state index contributed by atoms with van der Waals surface area (Å²) in [7, 11) is 3.94. The zero-order chi connectivity index (χ0) is 25.9. The minimum Gasteiger partial charge on any atom is -0.451 e. The maximum Gasteiger partial charge on any atom is 0.287 e. The first-order valence-corrected chi connectivity index (χ1v) is 12.2. The molecule has 1 saturated carbocycles. The highest BCUT2D eigenvalue weighted by atomic mass is 16.6. The topological polar surface area (TPSA) is 126 Å². The molecule has 0 saturated heterocycles. The van der Waals surface area contributed by atoms with Gasteiger partial charge in [-0.1, -0.05) is 24.3 Å². The number of nitrogens with one attached hydrogen (secondary N) is 2. The summed E-state index contributed by atoms with van der Waals surface area (Å²) in [4.78, 5) is 35.0. The van der Waals surface area contributed by atoms with Crippen LogP contribution in [0.4, 0.5) is 17.5 Å². The van der Waals surface area contributed by atoms with Crippen molar-refractivity contribution < 1.29 is 14.1 Å². The molecule has 0 unspecified atom stereocenters. The molecule has 1 aliphatic rings. The number of aromatic nitrogens is 2. The molecule has 10 nitrogen and oxygen atoms in total. The smallest absolute Gasteiger partial charge is 0.287 e. The minimum atomic E-state index is -0.464. The standard InChI is InChI=1S/C27H28N6O4/c1-32(2)25-19-7-3-5-9-21(19)30-27(31-25)29-18-13-11-17(12-14-18)28-26(34)24-16-15-23(37-24)20-8-4-6-10-22(20)33(35)36/h3-10,15-18H,11-14H2,1-2H3,(H,28,34)(H,29,30,31). The quantitative estimate of drug-likeness (QED) is 0.268. The molecule has 1 fully saturated rings. The Morgan fingerprint density at radius 2 is 1.68 bits per heavy atom. The summed E-state index contributed by atoms with van der Waals surface area (Å²) in [6.45, 7) is 0. The number of hydrogen-bond acceptors (Lipinski definition) is 8. The van der Waals surface area contributed by atoms with E-state index in [4.69, 9.17) is 14.4 Å². The molecular formula is C27H28N6O4. The van der Waals surface area contributed by atoms with E-state index < -0.39 is 4.92 Å². The van der Waals surface area contributed by atoms with Crippen LogP contribution in [0.15, 0.2) is 65.1 Å². The van der Waals surface area contributed by atoms with Gasteiger partial charge in [-0.3, -0.25) is 14.9 Å². The average Bonchev–Trinajstić information content (AvgIpc) is 3.40. The number of para-hydroxylation sites is 2. The molecule has 1 aliphatic carbocycles. The van der Waals surface area contributed by atoms with Crippen molar-refractivity contribution in [2.45, 2.75) is 37.8 Å². The van der Waals surface area contributed by atoms with Gasteiger partial charge in [-0.15, -0.1) is 0 Å². The van der Waals surface area contributed by atoms with E-state index in [0.29, 0.717) is 11.5 Å². The van der Waals surface area contributed by atoms with E-state index in [9.17, 15) is 14.9 Å². The fourth-order valence-corrected chi connectivity index (χ4v) is 4.73. The molecule has 37 heavy (non-hydrogen) atoms. The van der Waals surface area contributed by atoms with Gasteiger partial charge >= 0.3 is 0 Å². The second-order valence-corrected chi connectivity index (χ2v) is 9.39. The summed E-state index contributed by atoms with van der Waals surface area (Å²) in [6, 6.07) is 17.6. The zero-order valence-electron chi connectivity index (χ0n) is 20.7. The van der Waals surface area contributed by atoms with Crippen molar-refractivity contribution in [2.75, 3.05) is 24.3 Å². The Kier molecular flexibility index (Phi) is 6.72. The third-order valence-electron chi connectivity index (χ3n) is 6.60. The first kappa shape index (κ1) is 24.2. The third-order valence-corrected chi connectivity index (χ3v) is 6.60. The molecule has 0 bridgehead atoms. The Bertz CT molecular complexity index is 1440. The van der Waals surface area contributed by atoms with Crippen molar-refractivity contribution in [1.82, 2.24) is 15.3 Å². The predicted octanol–water partition coefficient (Wildman–Crippen LogP) is 5.02. The third kappa shape index (κ3) is 5.23. The Hall–Kier alpha value is -4.47. The number of rotatable bonds is 7. The molecular weight excluding hydrogens is 472 g/mol. The summed E-state index contributed by atoms with van der Waals surface area (Å²) in [5, 5.41) is 18.8. The van der Waals surface area contributed by atoms with E-state index >= 15 is 0 Å². The lowest BCUT2D eigenvalue weighted by molar-refractivity contribution is -0.384. The first-order chi connectivity index (χ1) is 17.9. The lowest BCUT2D eigenvalue weighted by atomic mass is 9.91. The monoisotopic (exact) mass is 500 g/mol. The number of nitrogens with zero attached hydrogens (tertiary/aromatic N) is 4. The molecule has 0 radical (unpaired) electrons. The Balaban J connectivity index is 1.19. The number of anilines is 2. The summed E-state index contributed by atoms with van der Waals surface area (Å²) in [5.74, 6) is 1.57. The van der Waals surface area contributed by atoms with Gasteiger partial charge < -0.3 is 20.0 Å². The number of furan rings is 1. The molecule has 0 aliphatic heterocycles. The maximum atomic E-state index is 12.8. The number of nitro benzene ring substituents is 1. The maximum absolute atomic E-state index is 12.8. The van der Waals surface area contributed by atoms with Crippen molar-refractivity contribution in [2.24, 2.45) is 0 Å². The number of nitro groups is 1. The van der Waals surface area contributed by atoms with Gasteiger partial charge in [0.2, 0.25) is 5.95 Å². The number of hydrogen-bond donors (Lipinski definition) is 2. The fourth-order valence-electron chi connectivity index (χ4n) is 4.73. The second kappa shape index (κ2) is 10.3. The van der Waals surface area contributed by atoms with Crippen LogP contribution < -0.4 is 15.5 Å². The van der Waals surface area contributed by atoms with Crippen molar-refractivity contribution in [3.63, 3.8) is 0 Å². The molecule has 2 aromatic heterocycles. The fraction of sp³-hybridized carbons (Fsp3) is 0.296. The lowest BCUT2D eigenvalue weighted by Gasteiger charge is -2.29. The second-order valence-electron chi connectivity index (χ2n) is 9.39. The summed E-state index contributed by atoms with van der Waals surface area (Å²) in [6.07, 6.45) is 3.32. The van der Waals surface area contributed by atoms with Crippen LogP contribution in [0.1, 0.15) is 36.2 Å². The van der Waals surface area contributed by atoms with Gasteiger partial charge in [0, 0.05) is 37.6 Å². The van der Waals surface area contributed by atoms with Gasteiger partial charge in [-0.25, -0.2) is 4.98 Å². The van der Waals surface area contributed by atoms with Gasteiger partial charge in [0.25, 0.3) is 11.6 Å². The largest absolute Gasteiger partial charge is 0.451 e. The first-order valence-electron chi connectivity index (χ1n) is 12.2. The molecule has 2 N–H and O–H groups in total. The molecule has 2 heterocycles. The normalized spacial score (nSPS) is 17.4. The van der Waals surface area contributed by atoms with E-state index in [1.54, 1.807) is 30.3 Å². The van der Waals surface area contributed by atoms with Gasteiger partial charge in [0.15, 0.2) is 5.76 Å². The van der Waals surface area contributed by atoms with E-state index in [0.717, 1.165) is 42.4 Å². The van der Waals surface area contributed by atoms with Gasteiger partial charge in [0.05, 0.1) is 16.0 Å². The van der Waals surface area contributed by atoms with Crippen LogP contribution >= 0.6 is 0 Å². The van der Waals surface area contributed by atoms with E-state index in [1.165, 1.54) is 6.07 Å². The molecule has 1 amide bonds. The van der Waals surface area contributed by atoms with Gasteiger partial charge in [-0.05, 0) is 56.0 Å². The predicted molar refractivity (Wildman–Crippen MR) is 142 cm³/mol. The van der Waals surface area contributed by atoms with Crippen LogP contribution in [-0.2, 0) is 0 Å². The number of amides is 1. The SMILES string of the molecule is CN(C)c1nc(NC2CCC(NC(=O)c3ccc(-c4ccccc4[N+](=O)[O-])o3)CC2)nc2ccccc12. The molecule has 4 aromatic rings. The van der Waals surface area contributed by atoms with Crippen molar-refractivity contribution in [3.8, 4) is 11.3 Å². The highest BCUT2D eigenvalue weighted by Crippen LogP contribution is 2.31. The number of carbonyl (C=O) groups is 1. The zero-order valence-corrected chi connectivity index (χ0v) is 20.7. The van der Waals surface area contributed by atoms with Crippen molar-refractivity contribution >= 4 is 34.3 Å². The van der Waals surface area contributed by atoms with Crippen LogP contribution in [0.5, 0.6) is 0 Å². The lowest BCUT2D eigenvalue weighted by Crippen LogP contribution is -2.40. The average molecular weight is 501 g/mol. The Labute approximate surface area is 213 Å². The van der Waals surface area contributed by atoms with Crippen LogP contribution in [0.2, 0.25) is 0 Å². The molecule has 5 rings (SSSR count). The van der Waals surface area contributed by atoms with Crippen molar-refractivity contribution in [1.29, 1.82) is 0 Å². The number of carbonyl (C=O) groups excluding carboxylic acids is 1. The molecule has 190 valence electrons. The molecule has 0 atom stereocenters. The van der Waals surface area contributed by atoms with Gasteiger partial charge in [0.1, 0.15) is 11.6 Å². The van der Waals surface area contributed by atoms with Gasteiger partial charge in [-0.2, -0.15) is 4.98 Å². The summed E-state index contributed by atoms with van der Waals surface area (Å²) in [5.41, 5.74) is 1.16. The minimum absolute atomic E-state index is 0.0139.